The Balaban J connectivity index is 1.75. The Morgan fingerprint density at radius 1 is 1.17 bits per heavy atom. The highest BCUT2D eigenvalue weighted by molar-refractivity contribution is 5.88. The molecule has 0 radical (unpaired) electrons. The van der Waals surface area contributed by atoms with Crippen molar-refractivity contribution in [1.29, 1.82) is 0 Å². The predicted octanol–water partition coefficient (Wildman–Crippen LogP) is 2.38. The smallest absolute Gasteiger partial charge is 0.230 e. The van der Waals surface area contributed by atoms with E-state index in [9.17, 15) is 9.18 Å². The Kier molecular flexibility index (Phi) is 5.21. The molecule has 0 unspecified atom stereocenters. The van der Waals surface area contributed by atoms with E-state index in [-0.39, 0.29) is 17.1 Å². The molecular formula is C19H27FN2O2. The van der Waals surface area contributed by atoms with Gasteiger partial charge in [-0.15, -0.1) is 0 Å². The molecular weight excluding hydrogens is 307 g/mol. The van der Waals surface area contributed by atoms with Crippen LogP contribution in [-0.4, -0.2) is 38.8 Å². The highest BCUT2D eigenvalue weighted by Crippen LogP contribution is 2.36. The van der Waals surface area contributed by atoms with Crippen LogP contribution in [-0.2, 0) is 14.9 Å². The number of hydrogen-bond donors (Lipinski definition) is 2. The van der Waals surface area contributed by atoms with Gasteiger partial charge in [0.2, 0.25) is 5.91 Å². The first-order valence-electron chi connectivity index (χ1n) is 8.87. The molecule has 0 bridgehead atoms. The van der Waals surface area contributed by atoms with Gasteiger partial charge in [-0.05, 0) is 61.9 Å². The van der Waals surface area contributed by atoms with Crippen molar-refractivity contribution in [1.82, 2.24) is 10.6 Å². The normalized spacial score (nSPS) is 22.8. The lowest BCUT2D eigenvalue weighted by atomic mass is 9.73. The van der Waals surface area contributed by atoms with Crippen molar-refractivity contribution in [3.05, 3.63) is 35.6 Å². The molecule has 2 fully saturated rings. The summed E-state index contributed by atoms with van der Waals surface area (Å²) in [6.07, 6.45) is 3.42. The van der Waals surface area contributed by atoms with E-state index in [0.29, 0.717) is 32.6 Å². The first-order valence-corrected chi connectivity index (χ1v) is 8.87. The van der Waals surface area contributed by atoms with Crippen molar-refractivity contribution < 1.29 is 13.9 Å². The number of ether oxygens (including phenoxy) is 1. The molecule has 3 rings (SSSR count). The molecule has 2 heterocycles. The zero-order valence-electron chi connectivity index (χ0n) is 14.4. The number of piperidine rings is 1. The van der Waals surface area contributed by atoms with Crippen LogP contribution in [0.5, 0.6) is 0 Å². The Morgan fingerprint density at radius 2 is 1.79 bits per heavy atom. The van der Waals surface area contributed by atoms with Crippen LogP contribution < -0.4 is 10.6 Å². The summed E-state index contributed by atoms with van der Waals surface area (Å²) in [6.45, 7) is 6.06. The average molecular weight is 334 g/mol. The van der Waals surface area contributed by atoms with Crippen LogP contribution in [0.3, 0.4) is 0 Å². The Labute approximate surface area is 143 Å². The Hall–Kier alpha value is -1.46. The van der Waals surface area contributed by atoms with E-state index in [1.54, 1.807) is 12.1 Å². The fourth-order valence-corrected chi connectivity index (χ4v) is 3.81. The maximum absolute atomic E-state index is 13.3. The molecule has 2 aliphatic rings. The maximum atomic E-state index is 13.3. The average Bonchev–Trinajstić information content (AvgIpc) is 2.61. The van der Waals surface area contributed by atoms with Crippen LogP contribution in [0.2, 0.25) is 0 Å². The van der Waals surface area contributed by atoms with Gasteiger partial charge in [0.1, 0.15) is 5.82 Å². The van der Waals surface area contributed by atoms with Gasteiger partial charge in [0.15, 0.2) is 0 Å². The monoisotopic (exact) mass is 334 g/mol. The molecule has 24 heavy (non-hydrogen) atoms. The molecule has 1 aromatic rings. The summed E-state index contributed by atoms with van der Waals surface area (Å²) in [5.41, 5.74) is 0.436. The quantitative estimate of drug-likeness (QED) is 0.889. The minimum atomic E-state index is -0.602. The maximum Gasteiger partial charge on any atom is 0.230 e. The SMILES string of the molecule is CC1(CNC(=O)C2(c3ccc(F)cc3)CCOCC2)CCNCC1. The minimum absolute atomic E-state index is 0.0529. The van der Waals surface area contributed by atoms with E-state index in [1.807, 2.05) is 0 Å². The molecule has 132 valence electrons. The number of benzene rings is 1. The van der Waals surface area contributed by atoms with Gasteiger partial charge in [-0.2, -0.15) is 0 Å². The molecule has 1 aromatic carbocycles. The summed E-state index contributed by atoms with van der Waals surface area (Å²) in [7, 11) is 0. The Bertz CT molecular complexity index is 561. The molecule has 0 aromatic heterocycles. The van der Waals surface area contributed by atoms with E-state index in [1.165, 1.54) is 12.1 Å². The molecule has 0 aliphatic carbocycles. The minimum Gasteiger partial charge on any atom is -0.381 e. The van der Waals surface area contributed by atoms with Crippen LogP contribution in [0, 0.1) is 11.2 Å². The molecule has 0 spiro atoms. The van der Waals surface area contributed by atoms with Gasteiger partial charge in [-0.3, -0.25) is 4.79 Å². The zero-order chi connectivity index (χ0) is 17.0. The van der Waals surface area contributed by atoms with Crippen molar-refractivity contribution in [2.75, 3.05) is 32.8 Å². The third-order valence-electron chi connectivity index (χ3n) is 5.66. The number of halogens is 1. The number of hydrogen-bond acceptors (Lipinski definition) is 3. The first kappa shape index (κ1) is 17.4. The lowest BCUT2D eigenvalue weighted by molar-refractivity contribution is -0.131. The number of rotatable bonds is 4. The second-order valence-corrected chi connectivity index (χ2v) is 7.44. The summed E-state index contributed by atoms with van der Waals surface area (Å²) >= 11 is 0. The van der Waals surface area contributed by atoms with Crippen LogP contribution in [0.4, 0.5) is 4.39 Å². The predicted molar refractivity (Wildman–Crippen MR) is 91.4 cm³/mol. The molecule has 1 amide bonds. The van der Waals surface area contributed by atoms with Gasteiger partial charge in [0.25, 0.3) is 0 Å². The van der Waals surface area contributed by atoms with E-state index >= 15 is 0 Å². The van der Waals surface area contributed by atoms with Crippen molar-refractivity contribution in [3.63, 3.8) is 0 Å². The van der Waals surface area contributed by atoms with Crippen LogP contribution >= 0.6 is 0 Å². The molecule has 4 nitrogen and oxygen atoms in total. The third-order valence-corrected chi connectivity index (χ3v) is 5.66. The van der Waals surface area contributed by atoms with E-state index in [4.69, 9.17) is 4.74 Å². The fourth-order valence-electron chi connectivity index (χ4n) is 3.81. The van der Waals surface area contributed by atoms with Gasteiger partial charge in [0.05, 0.1) is 5.41 Å². The number of carbonyl (C=O) groups excluding carboxylic acids is 1. The largest absolute Gasteiger partial charge is 0.381 e. The number of nitrogens with one attached hydrogen (secondary N) is 2. The highest BCUT2D eigenvalue weighted by atomic mass is 19.1. The summed E-state index contributed by atoms with van der Waals surface area (Å²) < 4.78 is 18.8. The van der Waals surface area contributed by atoms with Crippen LogP contribution in [0.15, 0.2) is 24.3 Å². The third kappa shape index (κ3) is 3.62. The zero-order valence-corrected chi connectivity index (χ0v) is 14.4. The van der Waals surface area contributed by atoms with Gasteiger partial charge in [-0.25, -0.2) is 4.39 Å². The highest BCUT2D eigenvalue weighted by Gasteiger charge is 2.42. The lowest BCUT2D eigenvalue weighted by Crippen LogP contribution is -2.51. The van der Waals surface area contributed by atoms with Crippen molar-refractivity contribution in [3.8, 4) is 0 Å². The summed E-state index contributed by atoms with van der Waals surface area (Å²) in [5.74, 6) is -0.222. The Morgan fingerprint density at radius 3 is 2.42 bits per heavy atom. The summed E-state index contributed by atoms with van der Waals surface area (Å²) in [6, 6.07) is 6.36. The second-order valence-electron chi connectivity index (χ2n) is 7.44. The van der Waals surface area contributed by atoms with Crippen molar-refractivity contribution in [2.24, 2.45) is 5.41 Å². The van der Waals surface area contributed by atoms with Gasteiger partial charge < -0.3 is 15.4 Å². The van der Waals surface area contributed by atoms with Crippen molar-refractivity contribution in [2.45, 2.75) is 38.0 Å². The van der Waals surface area contributed by atoms with Gasteiger partial charge in [-0.1, -0.05) is 19.1 Å². The van der Waals surface area contributed by atoms with Gasteiger partial charge >= 0.3 is 0 Å². The topological polar surface area (TPSA) is 50.4 Å². The molecule has 5 heteroatoms. The number of amides is 1. The molecule has 2 N–H and O–H groups in total. The summed E-state index contributed by atoms with van der Waals surface area (Å²) in [5, 5.41) is 6.57. The number of carbonyl (C=O) groups is 1. The van der Waals surface area contributed by atoms with Crippen molar-refractivity contribution >= 4 is 5.91 Å². The van der Waals surface area contributed by atoms with E-state index in [2.05, 4.69) is 17.6 Å². The standard InChI is InChI=1S/C19H27FN2O2/c1-18(6-10-21-11-7-18)14-22-17(23)19(8-12-24-13-9-19)15-2-4-16(20)5-3-15/h2-5,21H,6-14H2,1H3,(H,22,23). The molecule has 2 aliphatic heterocycles. The second kappa shape index (κ2) is 7.19. The molecule has 2 saturated heterocycles. The lowest BCUT2D eigenvalue weighted by Gasteiger charge is -2.39. The molecule has 0 atom stereocenters. The van der Waals surface area contributed by atoms with E-state index < -0.39 is 5.41 Å². The van der Waals surface area contributed by atoms with Crippen LogP contribution in [0.25, 0.3) is 0 Å². The van der Waals surface area contributed by atoms with Gasteiger partial charge in [0, 0.05) is 19.8 Å². The molecule has 0 saturated carbocycles. The fraction of sp³-hybridized carbons (Fsp3) is 0.632. The van der Waals surface area contributed by atoms with Crippen LogP contribution in [0.1, 0.15) is 38.2 Å². The van der Waals surface area contributed by atoms with E-state index in [0.717, 1.165) is 31.5 Å². The first-order chi connectivity index (χ1) is 11.5. The summed E-state index contributed by atoms with van der Waals surface area (Å²) in [4.78, 5) is 13.1.